The average molecular weight is 367 g/mol. The minimum Gasteiger partial charge on any atom is -0.358 e. The van der Waals surface area contributed by atoms with Crippen molar-refractivity contribution in [2.75, 3.05) is 19.7 Å². The lowest BCUT2D eigenvalue weighted by Gasteiger charge is -2.37. The van der Waals surface area contributed by atoms with Gasteiger partial charge in [0.2, 0.25) is 0 Å². The molecule has 0 aromatic carbocycles. The third kappa shape index (κ3) is 3.72. The number of aromatic nitrogens is 1. The van der Waals surface area contributed by atoms with Gasteiger partial charge < -0.3 is 14.5 Å². The van der Waals surface area contributed by atoms with Crippen molar-refractivity contribution in [3.8, 4) is 0 Å². The second kappa shape index (κ2) is 7.58. The van der Waals surface area contributed by atoms with E-state index in [1.165, 1.54) is 0 Å². The highest BCUT2D eigenvalue weighted by Gasteiger charge is 2.45. The second-order valence-electron chi connectivity index (χ2n) is 6.53. The first kappa shape index (κ1) is 17.9. The van der Waals surface area contributed by atoms with E-state index in [0.29, 0.717) is 30.5 Å². The molecule has 136 valence electrons. The van der Waals surface area contributed by atoms with Gasteiger partial charge in [-0.2, -0.15) is 0 Å². The standard InChI is InChI=1S/C17H23ClN4O3/c1-3-8-25-15-9-12(2)16(22(23)24)17-20(6-7-21(15)17)11-13-4-5-14(18)19-10-13/h4-5,10,12,15H,3,6-9,11H2,1-2H3/t12-,15-/m1/s1. The molecular formula is C17H23ClN4O3. The van der Waals surface area contributed by atoms with Crippen LogP contribution in [-0.2, 0) is 11.3 Å². The van der Waals surface area contributed by atoms with Gasteiger partial charge in [0, 0.05) is 38.9 Å². The highest BCUT2D eigenvalue weighted by molar-refractivity contribution is 6.29. The zero-order chi connectivity index (χ0) is 18.0. The maximum absolute atomic E-state index is 11.7. The molecule has 25 heavy (non-hydrogen) atoms. The molecule has 3 rings (SSSR count). The fourth-order valence-electron chi connectivity index (χ4n) is 3.52. The Hall–Kier alpha value is -1.86. The molecule has 0 bridgehead atoms. The Balaban J connectivity index is 1.89. The molecule has 0 radical (unpaired) electrons. The number of pyridine rings is 1. The van der Waals surface area contributed by atoms with E-state index < -0.39 is 0 Å². The highest BCUT2D eigenvalue weighted by atomic mass is 35.5. The van der Waals surface area contributed by atoms with E-state index in [9.17, 15) is 10.1 Å². The van der Waals surface area contributed by atoms with Crippen molar-refractivity contribution < 1.29 is 9.66 Å². The number of halogens is 1. The largest absolute Gasteiger partial charge is 0.358 e. The summed E-state index contributed by atoms with van der Waals surface area (Å²) < 4.78 is 5.97. The van der Waals surface area contributed by atoms with Gasteiger partial charge >= 0.3 is 0 Å². The summed E-state index contributed by atoms with van der Waals surface area (Å²) in [6.45, 7) is 6.67. The molecule has 0 amide bonds. The van der Waals surface area contributed by atoms with Gasteiger partial charge in [0.15, 0.2) is 5.82 Å². The molecule has 0 N–H and O–H groups in total. The van der Waals surface area contributed by atoms with Gasteiger partial charge in [0.1, 0.15) is 11.4 Å². The summed E-state index contributed by atoms with van der Waals surface area (Å²) in [5, 5.41) is 12.1. The van der Waals surface area contributed by atoms with Crippen molar-refractivity contribution in [3.05, 3.63) is 50.7 Å². The van der Waals surface area contributed by atoms with Gasteiger partial charge in [-0.15, -0.1) is 0 Å². The molecule has 0 unspecified atom stereocenters. The third-order valence-electron chi connectivity index (χ3n) is 4.65. The lowest BCUT2D eigenvalue weighted by atomic mass is 9.98. The molecule has 0 spiro atoms. The van der Waals surface area contributed by atoms with Gasteiger partial charge in [-0.25, -0.2) is 4.98 Å². The molecule has 3 heterocycles. The molecule has 8 heteroatoms. The van der Waals surface area contributed by atoms with Crippen molar-refractivity contribution in [2.24, 2.45) is 5.92 Å². The number of hydrogen-bond donors (Lipinski definition) is 0. The molecule has 2 aliphatic rings. The van der Waals surface area contributed by atoms with E-state index in [1.54, 1.807) is 12.3 Å². The number of nitro groups is 1. The third-order valence-corrected chi connectivity index (χ3v) is 4.88. The normalized spacial score (nSPS) is 23.2. The summed E-state index contributed by atoms with van der Waals surface area (Å²) in [6, 6.07) is 3.64. The summed E-state index contributed by atoms with van der Waals surface area (Å²) in [5.41, 5.74) is 1.27. The monoisotopic (exact) mass is 366 g/mol. The zero-order valence-electron chi connectivity index (χ0n) is 14.5. The molecular weight excluding hydrogens is 344 g/mol. The zero-order valence-corrected chi connectivity index (χ0v) is 15.3. The minimum absolute atomic E-state index is 0.0954. The molecule has 2 atom stereocenters. The van der Waals surface area contributed by atoms with E-state index in [1.807, 2.05) is 13.0 Å². The van der Waals surface area contributed by atoms with Gasteiger partial charge in [-0.1, -0.05) is 31.5 Å². The Labute approximate surface area is 152 Å². The summed E-state index contributed by atoms with van der Waals surface area (Å²) in [4.78, 5) is 19.7. The van der Waals surface area contributed by atoms with Crippen molar-refractivity contribution in [1.82, 2.24) is 14.8 Å². The fraction of sp³-hybridized carbons (Fsp3) is 0.588. The van der Waals surface area contributed by atoms with E-state index in [2.05, 4.69) is 21.7 Å². The van der Waals surface area contributed by atoms with Crippen molar-refractivity contribution in [2.45, 2.75) is 39.5 Å². The Kier molecular flexibility index (Phi) is 5.44. The van der Waals surface area contributed by atoms with Crippen LogP contribution in [0.15, 0.2) is 29.8 Å². The van der Waals surface area contributed by atoms with E-state index in [0.717, 1.165) is 25.1 Å². The minimum atomic E-state index is -0.235. The maximum Gasteiger partial charge on any atom is 0.289 e. The molecule has 1 aromatic heterocycles. The van der Waals surface area contributed by atoms with Crippen LogP contribution in [0.25, 0.3) is 0 Å². The number of nitrogens with zero attached hydrogens (tertiary/aromatic N) is 4. The second-order valence-corrected chi connectivity index (χ2v) is 6.92. The van der Waals surface area contributed by atoms with Gasteiger partial charge in [-0.3, -0.25) is 10.1 Å². The SMILES string of the molecule is CCCO[C@@H]1C[C@@H](C)C([N+](=O)[O-])=C2N(Cc3ccc(Cl)nc3)CCN21. The quantitative estimate of drug-likeness (QED) is 0.437. The fourth-order valence-corrected chi connectivity index (χ4v) is 3.63. The molecule has 1 aromatic rings. The number of allylic oxidation sites excluding steroid dienone is 1. The van der Waals surface area contributed by atoms with Crippen LogP contribution in [0.4, 0.5) is 0 Å². The van der Waals surface area contributed by atoms with Crippen LogP contribution in [0.2, 0.25) is 5.15 Å². The highest BCUT2D eigenvalue weighted by Crippen LogP contribution is 2.37. The summed E-state index contributed by atoms with van der Waals surface area (Å²) in [5.74, 6) is 0.548. The summed E-state index contributed by atoms with van der Waals surface area (Å²) in [6.07, 6.45) is 3.20. The lowest BCUT2D eigenvalue weighted by molar-refractivity contribution is -0.439. The number of rotatable bonds is 6. The smallest absolute Gasteiger partial charge is 0.289 e. The van der Waals surface area contributed by atoms with Crippen molar-refractivity contribution >= 4 is 11.6 Å². The van der Waals surface area contributed by atoms with Gasteiger partial charge in [0.05, 0.1) is 10.8 Å². The first-order valence-electron chi connectivity index (χ1n) is 8.63. The molecule has 0 saturated carbocycles. The Morgan fingerprint density at radius 1 is 1.44 bits per heavy atom. The molecule has 7 nitrogen and oxygen atoms in total. The molecule has 1 saturated heterocycles. The lowest BCUT2D eigenvalue weighted by Crippen LogP contribution is -2.43. The van der Waals surface area contributed by atoms with Crippen LogP contribution in [0, 0.1) is 16.0 Å². The van der Waals surface area contributed by atoms with Crippen LogP contribution in [-0.4, -0.2) is 45.6 Å². The van der Waals surface area contributed by atoms with E-state index >= 15 is 0 Å². The first-order chi connectivity index (χ1) is 12.0. The number of fused-ring (bicyclic) bond motifs is 1. The maximum atomic E-state index is 11.7. The van der Waals surface area contributed by atoms with E-state index in [4.69, 9.17) is 16.3 Å². The van der Waals surface area contributed by atoms with Crippen molar-refractivity contribution in [3.63, 3.8) is 0 Å². The Morgan fingerprint density at radius 3 is 2.88 bits per heavy atom. The van der Waals surface area contributed by atoms with Crippen LogP contribution < -0.4 is 0 Å². The average Bonchev–Trinajstić information content (AvgIpc) is 2.98. The Bertz CT molecular complexity index is 664. The summed E-state index contributed by atoms with van der Waals surface area (Å²) in [7, 11) is 0. The van der Waals surface area contributed by atoms with Crippen LogP contribution in [0.5, 0.6) is 0 Å². The predicted molar refractivity (Wildman–Crippen MR) is 94.2 cm³/mol. The van der Waals surface area contributed by atoms with Crippen LogP contribution in [0.3, 0.4) is 0 Å². The first-order valence-corrected chi connectivity index (χ1v) is 9.01. The Morgan fingerprint density at radius 2 is 2.24 bits per heavy atom. The van der Waals surface area contributed by atoms with Crippen molar-refractivity contribution in [1.29, 1.82) is 0 Å². The molecule has 2 aliphatic heterocycles. The number of ether oxygens (including phenoxy) is 1. The van der Waals surface area contributed by atoms with Crippen LogP contribution >= 0.6 is 11.6 Å². The van der Waals surface area contributed by atoms with Crippen LogP contribution in [0.1, 0.15) is 32.3 Å². The molecule has 1 fully saturated rings. The van der Waals surface area contributed by atoms with Gasteiger partial charge in [-0.05, 0) is 18.1 Å². The topological polar surface area (TPSA) is 71.7 Å². The number of hydrogen-bond acceptors (Lipinski definition) is 6. The summed E-state index contributed by atoms with van der Waals surface area (Å²) >= 11 is 5.84. The molecule has 0 aliphatic carbocycles. The van der Waals surface area contributed by atoms with Gasteiger partial charge in [0.25, 0.3) is 5.70 Å². The van der Waals surface area contributed by atoms with E-state index in [-0.39, 0.29) is 22.8 Å². The predicted octanol–water partition coefficient (Wildman–Crippen LogP) is 3.09.